The minimum absolute atomic E-state index is 0.0770. The number of hydrogen-bond acceptors (Lipinski definition) is 5. The maximum Gasteiger partial charge on any atom is 0.342 e. The van der Waals surface area contributed by atoms with Crippen LogP contribution in [0.2, 0.25) is 0 Å². The molecule has 2 amide bonds. The molecule has 0 aliphatic carbocycles. The van der Waals surface area contributed by atoms with Crippen molar-refractivity contribution in [2.24, 2.45) is 0 Å². The third kappa shape index (κ3) is 3.93. The monoisotopic (exact) mass is 356 g/mol. The molecule has 7 heteroatoms. The molecule has 1 aliphatic heterocycles. The molecule has 1 aromatic heterocycles. The maximum absolute atomic E-state index is 12.0. The Balaban J connectivity index is 1.57. The number of carbonyl (C=O) groups excluding carboxylic acids is 3. The number of nitrogens with zero attached hydrogens (tertiary/aromatic N) is 1. The second-order valence-corrected chi connectivity index (χ2v) is 6.15. The Bertz CT molecular complexity index is 855. The van der Waals surface area contributed by atoms with Gasteiger partial charge in [-0.3, -0.25) is 9.59 Å². The molecular weight excluding hydrogens is 336 g/mol. The molecule has 1 aromatic carbocycles. The highest BCUT2D eigenvalue weighted by Gasteiger charge is 2.22. The van der Waals surface area contributed by atoms with Gasteiger partial charge in [0, 0.05) is 24.3 Å². The Kier molecular flexibility index (Phi) is 5.06. The van der Waals surface area contributed by atoms with Gasteiger partial charge in [0.15, 0.2) is 6.61 Å². The van der Waals surface area contributed by atoms with Gasteiger partial charge in [0.2, 0.25) is 5.91 Å². The zero-order valence-electron chi connectivity index (χ0n) is 14.7. The average Bonchev–Trinajstić information content (AvgIpc) is 3.18. The molecule has 3 rings (SSSR count). The number of furan rings is 1. The molecule has 2 aromatic rings. The van der Waals surface area contributed by atoms with Gasteiger partial charge in [-0.05, 0) is 44.5 Å². The quantitative estimate of drug-likeness (QED) is 0.832. The zero-order chi connectivity index (χ0) is 18.7. The van der Waals surface area contributed by atoms with Gasteiger partial charge < -0.3 is 19.4 Å². The fourth-order valence-corrected chi connectivity index (χ4v) is 2.91. The summed E-state index contributed by atoms with van der Waals surface area (Å²) in [6.07, 6.45) is 1.37. The predicted octanol–water partition coefficient (Wildman–Crippen LogP) is 2.82. The summed E-state index contributed by atoms with van der Waals surface area (Å²) >= 11 is 0. The summed E-state index contributed by atoms with van der Waals surface area (Å²) in [7, 11) is 0. The third-order valence-corrected chi connectivity index (χ3v) is 4.11. The van der Waals surface area contributed by atoms with Crippen molar-refractivity contribution in [1.82, 2.24) is 0 Å². The first-order valence-electron chi connectivity index (χ1n) is 8.38. The largest absolute Gasteiger partial charge is 0.466 e. The van der Waals surface area contributed by atoms with Crippen LogP contribution in [0.25, 0.3) is 0 Å². The standard InChI is InChI=1S/C19H20N2O5/c1-12-9-16(13(2)26-12)19(24)25-11-17(22)20-14-5-3-6-15(10-14)21-8-4-7-18(21)23/h3,5-6,9-10H,4,7-8,11H2,1-2H3,(H,20,22). The number of carbonyl (C=O) groups is 3. The van der Waals surface area contributed by atoms with E-state index in [1.54, 1.807) is 43.0 Å². The second kappa shape index (κ2) is 7.43. The van der Waals surface area contributed by atoms with Crippen LogP contribution in [0.15, 0.2) is 34.7 Å². The smallest absolute Gasteiger partial charge is 0.342 e. The number of hydrogen-bond donors (Lipinski definition) is 1. The van der Waals surface area contributed by atoms with Gasteiger partial charge in [-0.25, -0.2) is 4.79 Å². The first-order chi connectivity index (χ1) is 12.4. The van der Waals surface area contributed by atoms with E-state index in [1.807, 2.05) is 6.07 Å². The van der Waals surface area contributed by atoms with Crippen molar-refractivity contribution in [3.8, 4) is 0 Å². The van der Waals surface area contributed by atoms with Gasteiger partial charge in [-0.2, -0.15) is 0 Å². The van der Waals surface area contributed by atoms with Crippen molar-refractivity contribution < 1.29 is 23.5 Å². The summed E-state index contributed by atoms with van der Waals surface area (Å²) < 4.78 is 10.3. The van der Waals surface area contributed by atoms with E-state index in [0.29, 0.717) is 35.7 Å². The van der Waals surface area contributed by atoms with Crippen LogP contribution in [-0.4, -0.2) is 30.9 Å². The molecule has 7 nitrogen and oxygen atoms in total. The Morgan fingerprint density at radius 3 is 2.73 bits per heavy atom. The molecule has 26 heavy (non-hydrogen) atoms. The number of benzene rings is 1. The topological polar surface area (TPSA) is 88.9 Å². The third-order valence-electron chi connectivity index (χ3n) is 4.11. The number of amides is 2. The molecule has 0 radical (unpaired) electrons. The number of aryl methyl sites for hydroxylation is 2. The van der Waals surface area contributed by atoms with Crippen molar-refractivity contribution in [2.75, 3.05) is 23.4 Å². The highest BCUT2D eigenvalue weighted by molar-refractivity contribution is 5.98. The lowest BCUT2D eigenvalue weighted by Crippen LogP contribution is -2.24. The molecule has 1 fully saturated rings. The molecule has 136 valence electrons. The van der Waals surface area contributed by atoms with E-state index in [1.165, 1.54) is 0 Å². The number of nitrogens with one attached hydrogen (secondary N) is 1. The lowest BCUT2D eigenvalue weighted by atomic mass is 10.2. The molecule has 0 bridgehead atoms. The number of anilines is 2. The van der Waals surface area contributed by atoms with Gasteiger partial charge in [-0.15, -0.1) is 0 Å². The van der Waals surface area contributed by atoms with Crippen LogP contribution in [0.3, 0.4) is 0 Å². The normalized spacial score (nSPS) is 13.8. The van der Waals surface area contributed by atoms with E-state index in [9.17, 15) is 14.4 Å². The molecule has 0 spiro atoms. The first-order valence-corrected chi connectivity index (χ1v) is 8.38. The lowest BCUT2D eigenvalue weighted by molar-refractivity contribution is -0.119. The van der Waals surface area contributed by atoms with E-state index in [4.69, 9.17) is 9.15 Å². The Morgan fingerprint density at radius 1 is 1.27 bits per heavy atom. The molecule has 0 unspecified atom stereocenters. The molecule has 1 N–H and O–H groups in total. The van der Waals surface area contributed by atoms with Crippen molar-refractivity contribution in [3.63, 3.8) is 0 Å². The van der Waals surface area contributed by atoms with E-state index in [2.05, 4.69) is 5.32 Å². The molecule has 0 atom stereocenters. The Labute approximate surface area is 150 Å². The minimum atomic E-state index is -0.606. The SMILES string of the molecule is Cc1cc(C(=O)OCC(=O)Nc2cccc(N3CCCC3=O)c2)c(C)o1. The van der Waals surface area contributed by atoms with E-state index >= 15 is 0 Å². The maximum atomic E-state index is 12.0. The van der Waals surface area contributed by atoms with Crippen LogP contribution in [0.4, 0.5) is 11.4 Å². The fourth-order valence-electron chi connectivity index (χ4n) is 2.91. The molecule has 1 saturated heterocycles. The lowest BCUT2D eigenvalue weighted by Gasteiger charge is -2.16. The fraction of sp³-hybridized carbons (Fsp3) is 0.316. The summed E-state index contributed by atoms with van der Waals surface area (Å²) in [4.78, 5) is 37.6. The van der Waals surface area contributed by atoms with Crippen molar-refractivity contribution in [3.05, 3.63) is 47.4 Å². The minimum Gasteiger partial charge on any atom is -0.466 e. The van der Waals surface area contributed by atoms with E-state index in [0.717, 1.165) is 12.1 Å². The second-order valence-electron chi connectivity index (χ2n) is 6.15. The molecule has 0 saturated carbocycles. The van der Waals surface area contributed by atoms with Gasteiger partial charge >= 0.3 is 5.97 Å². The van der Waals surface area contributed by atoms with Crippen molar-refractivity contribution >= 4 is 29.2 Å². The highest BCUT2D eigenvalue weighted by atomic mass is 16.5. The van der Waals surface area contributed by atoms with Crippen LogP contribution >= 0.6 is 0 Å². The molecule has 2 heterocycles. The summed E-state index contributed by atoms with van der Waals surface area (Å²) in [5, 5.41) is 2.67. The summed E-state index contributed by atoms with van der Waals surface area (Å²) in [6.45, 7) is 3.66. The van der Waals surface area contributed by atoms with Gasteiger partial charge in [0.05, 0.1) is 0 Å². The molecule has 1 aliphatic rings. The summed E-state index contributed by atoms with van der Waals surface area (Å²) in [5.41, 5.74) is 1.59. The highest BCUT2D eigenvalue weighted by Crippen LogP contribution is 2.24. The summed E-state index contributed by atoms with van der Waals surface area (Å²) in [5.74, 6) is 0.0725. The first kappa shape index (κ1) is 17.7. The van der Waals surface area contributed by atoms with Crippen LogP contribution in [-0.2, 0) is 14.3 Å². The van der Waals surface area contributed by atoms with Gasteiger partial charge in [0.1, 0.15) is 17.1 Å². The van der Waals surface area contributed by atoms with Crippen LogP contribution in [0.5, 0.6) is 0 Å². The number of ether oxygens (including phenoxy) is 1. The van der Waals surface area contributed by atoms with Crippen LogP contribution in [0, 0.1) is 13.8 Å². The van der Waals surface area contributed by atoms with Crippen molar-refractivity contribution in [1.29, 1.82) is 0 Å². The van der Waals surface area contributed by atoms with Gasteiger partial charge in [0.25, 0.3) is 5.91 Å². The predicted molar refractivity (Wildman–Crippen MR) is 95.1 cm³/mol. The molecular formula is C19H20N2O5. The average molecular weight is 356 g/mol. The Hall–Kier alpha value is -3.09. The van der Waals surface area contributed by atoms with E-state index in [-0.39, 0.29) is 5.91 Å². The number of esters is 1. The van der Waals surface area contributed by atoms with Crippen LogP contribution in [0.1, 0.15) is 34.7 Å². The summed E-state index contributed by atoms with van der Waals surface area (Å²) in [6, 6.07) is 8.61. The van der Waals surface area contributed by atoms with Crippen LogP contribution < -0.4 is 10.2 Å². The Morgan fingerprint density at radius 2 is 2.08 bits per heavy atom. The van der Waals surface area contributed by atoms with E-state index < -0.39 is 18.5 Å². The van der Waals surface area contributed by atoms with Gasteiger partial charge in [-0.1, -0.05) is 6.07 Å². The number of rotatable bonds is 5. The van der Waals surface area contributed by atoms with Crippen molar-refractivity contribution in [2.45, 2.75) is 26.7 Å². The zero-order valence-corrected chi connectivity index (χ0v) is 14.7.